The number of rotatable bonds is 6. The first-order chi connectivity index (χ1) is 10.6. The highest BCUT2D eigenvalue weighted by Gasteiger charge is 2.25. The molecule has 1 aromatic carbocycles. The molecule has 1 unspecified atom stereocenters. The molecule has 0 aliphatic carbocycles. The van der Waals surface area contributed by atoms with Crippen molar-refractivity contribution in [2.45, 2.75) is 24.7 Å². The van der Waals surface area contributed by atoms with Gasteiger partial charge in [0.05, 0.1) is 0 Å². The molecule has 0 aromatic heterocycles. The van der Waals surface area contributed by atoms with E-state index in [9.17, 15) is 9.18 Å². The highest BCUT2D eigenvalue weighted by Crippen LogP contribution is 2.23. The van der Waals surface area contributed by atoms with Gasteiger partial charge in [-0.1, -0.05) is 6.92 Å². The Balaban J connectivity index is 0.00000264. The molecule has 1 fully saturated rings. The van der Waals surface area contributed by atoms with E-state index in [1.807, 2.05) is 18.9 Å². The normalized spacial score (nSPS) is 16.7. The lowest BCUT2D eigenvalue weighted by Crippen LogP contribution is -2.43. The van der Waals surface area contributed by atoms with Gasteiger partial charge in [0.25, 0.3) is 0 Å². The third kappa shape index (κ3) is 6.32. The van der Waals surface area contributed by atoms with E-state index in [0.717, 1.165) is 43.1 Å². The average molecular weight is 361 g/mol. The number of hydrogen-bond acceptors (Lipinski definition) is 3. The number of nitrogens with one attached hydrogen (secondary N) is 1. The van der Waals surface area contributed by atoms with Crippen LogP contribution in [0.2, 0.25) is 0 Å². The Morgan fingerprint density at radius 3 is 2.52 bits per heavy atom. The summed E-state index contributed by atoms with van der Waals surface area (Å²) in [6.45, 7) is 4.77. The highest BCUT2D eigenvalue weighted by molar-refractivity contribution is 7.99. The Morgan fingerprint density at radius 1 is 1.35 bits per heavy atom. The summed E-state index contributed by atoms with van der Waals surface area (Å²) >= 11 is 1.61. The molecule has 1 aliphatic rings. The maximum atomic E-state index is 12.9. The van der Waals surface area contributed by atoms with Gasteiger partial charge >= 0.3 is 0 Å². The van der Waals surface area contributed by atoms with Crippen LogP contribution >= 0.6 is 24.2 Å². The van der Waals surface area contributed by atoms with Crippen molar-refractivity contribution >= 4 is 30.1 Å². The Morgan fingerprint density at radius 2 is 1.96 bits per heavy atom. The largest absolute Gasteiger partial charge is 0.342 e. The number of hydrogen-bond donors (Lipinski definition) is 1. The van der Waals surface area contributed by atoms with Crippen molar-refractivity contribution in [2.24, 2.45) is 11.8 Å². The van der Waals surface area contributed by atoms with E-state index in [0.29, 0.717) is 5.92 Å². The number of likely N-dealkylation sites (tertiary alicyclic amines) is 1. The van der Waals surface area contributed by atoms with Crippen LogP contribution < -0.4 is 5.32 Å². The fourth-order valence-electron chi connectivity index (χ4n) is 2.78. The van der Waals surface area contributed by atoms with Crippen molar-refractivity contribution in [3.63, 3.8) is 0 Å². The SMILES string of the molecule is CNCC1CCN(C(=O)C(C)CSc2ccc(F)cc2)CC1.Cl. The molecule has 1 N–H and O–H groups in total. The molecule has 1 amide bonds. The maximum Gasteiger partial charge on any atom is 0.226 e. The van der Waals surface area contributed by atoms with Crippen molar-refractivity contribution in [2.75, 3.05) is 32.4 Å². The lowest BCUT2D eigenvalue weighted by atomic mass is 9.96. The van der Waals surface area contributed by atoms with Crippen LogP contribution in [0.25, 0.3) is 0 Å². The molecule has 6 heteroatoms. The molecule has 2 rings (SSSR count). The zero-order chi connectivity index (χ0) is 15.9. The minimum atomic E-state index is -0.224. The molecular weight excluding hydrogens is 335 g/mol. The van der Waals surface area contributed by atoms with E-state index in [2.05, 4.69) is 5.32 Å². The third-order valence-corrected chi connectivity index (χ3v) is 5.43. The number of amides is 1. The number of halogens is 2. The molecule has 3 nitrogen and oxygen atoms in total. The van der Waals surface area contributed by atoms with E-state index < -0.39 is 0 Å². The van der Waals surface area contributed by atoms with Gasteiger partial charge in [-0.05, 0) is 56.6 Å². The number of carbonyl (C=O) groups excluding carboxylic acids is 1. The smallest absolute Gasteiger partial charge is 0.226 e. The minimum Gasteiger partial charge on any atom is -0.342 e. The number of piperidine rings is 1. The van der Waals surface area contributed by atoms with E-state index >= 15 is 0 Å². The fourth-order valence-corrected chi connectivity index (χ4v) is 3.69. The summed E-state index contributed by atoms with van der Waals surface area (Å²) < 4.78 is 12.9. The first-order valence-corrected chi connectivity index (χ1v) is 8.90. The first kappa shape index (κ1) is 20.3. The number of nitrogens with zero attached hydrogens (tertiary/aromatic N) is 1. The summed E-state index contributed by atoms with van der Waals surface area (Å²) in [4.78, 5) is 15.5. The van der Waals surface area contributed by atoms with Crippen LogP contribution in [-0.4, -0.2) is 43.2 Å². The van der Waals surface area contributed by atoms with Gasteiger partial charge in [-0.25, -0.2) is 4.39 Å². The molecule has 23 heavy (non-hydrogen) atoms. The Labute approximate surface area is 148 Å². The Hall–Kier alpha value is -0.780. The van der Waals surface area contributed by atoms with Crippen molar-refractivity contribution < 1.29 is 9.18 Å². The second-order valence-electron chi connectivity index (χ2n) is 5.99. The van der Waals surface area contributed by atoms with Crippen molar-refractivity contribution in [1.82, 2.24) is 10.2 Å². The van der Waals surface area contributed by atoms with Gasteiger partial charge < -0.3 is 10.2 Å². The molecule has 1 aliphatic heterocycles. The predicted molar refractivity (Wildman–Crippen MR) is 96.8 cm³/mol. The molecule has 1 aromatic rings. The number of thioether (sulfide) groups is 1. The monoisotopic (exact) mass is 360 g/mol. The lowest BCUT2D eigenvalue weighted by molar-refractivity contribution is -0.135. The zero-order valence-corrected chi connectivity index (χ0v) is 15.4. The van der Waals surface area contributed by atoms with Crippen molar-refractivity contribution in [3.8, 4) is 0 Å². The third-order valence-electron chi connectivity index (χ3n) is 4.15. The standard InChI is InChI=1S/C17H25FN2OS.ClH/c1-13(12-22-16-5-3-15(18)4-6-16)17(21)20-9-7-14(8-10-20)11-19-2;/h3-6,13-14,19H,7-12H2,1-2H3;1H. The fraction of sp³-hybridized carbons (Fsp3) is 0.588. The van der Waals surface area contributed by atoms with E-state index in [4.69, 9.17) is 0 Å². The summed E-state index contributed by atoms with van der Waals surface area (Å²) in [6.07, 6.45) is 2.18. The Bertz CT molecular complexity index is 478. The van der Waals surface area contributed by atoms with Crippen LogP contribution in [0.3, 0.4) is 0 Å². The molecule has 1 saturated heterocycles. The van der Waals surface area contributed by atoms with Gasteiger partial charge in [0, 0.05) is 29.7 Å². The second kappa shape index (κ2) is 10.2. The molecular formula is C17H26ClFN2OS. The summed E-state index contributed by atoms with van der Waals surface area (Å²) in [5, 5.41) is 3.21. The molecule has 1 atom stereocenters. The summed E-state index contributed by atoms with van der Waals surface area (Å²) in [5.74, 6) is 1.45. The average Bonchev–Trinajstić information content (AvgIpc) is 2.54. The van der Waals surface area contributed by atoms with Crippen LogP contribution in [0, 0.1) is 17.7 Å². The maximum absolute atomic E-state index is 12.9. The first-order valence-electron chi connectivity index (χ1n) is 7.92. The lowest BCUT2D eigenvalue weighted by Gasteiger charge is -2.33. The molecule has 0 bridgehead atoms. The zero-order valence-electron chi connectivity index (χ0n) is 13.8. The van der Waals surface area contributed by atoms with Crippen LogP contribution in [0.4, 0.5) is 4.39 Å². The number of carbonyl (C=O) groups is 1. The molecule has 130 valence electrons. The van der Waals surface area contributed by atoms with E-state index in [1.165, 1.54) is 12.1 Å². The molecule has 0 spiro atoms. The quantitative estimate of drug-likeness (QED) is 0.789. The van der Waals surface area contributed by atoms with E-state index in [-0.39, 0.29) is 30.0 Å². The van der Waals surface area contributed by atoms with Gasteiger partial charge in [-0.15, -0.1) is 24.2 Å². The van der Waals surface area contributed by atoms with E-state index in [1.54, 1.807) is 23.9 Å². The van der Waals surface area contributed by atoms with Gasteiger partial charge in [0.2, 0.25) is 5.91 Å². The second-order valence-corrected chi connectivity index (χ2v) is 7.09. The van der Waals surface area contributed by atoms with Crippen LogP contribution in [0.1, 0.15) is 19.8 Å². The topological polar surface area (TPSA) is 32.3 Å². The highest BCUT2D eigenvalue weighted by atomic mass is 35.5. The van der Waals surface area contributed by atoms with Crippen LogP contribution in [0.5, 0.6) is 0 Å². The summed E-state index contributed by atoms with van der Waals surface area (Å²) in [7, 11) is 1.98. The van der Waals surface area contributed by atoms with Crippen molar-refractivity contribution in [1.29, 1.82) is 0 Å². The predicted octanol–water partition coefficient (Wildman–Crippen LogP) is 3.43. The molecule has 0 saturated carbocycles. The summed E-state index contributed by atoms with van der Waals surface area (Å²) in [6, 6.07) is 6.45. The van der Waals surface area contributed by atoms with Gasteiger partial charge in [0.1, 0.15) is 5.82 Å². The summed E-state index contributed by atoms with van der Waals surface area (Å²) in [5.41, 5.74) is 0. The van der Waals surface area contributed by atoms with Crippen LogP contribution in [0.15, 0.2) is 29.2 Å². The van der Waals surface area contributed by atoms with Gasteiger partial charge in [0.15, 0.2) is 0 Å². The number of benzene rings is 1. The van der Waals surface area contributed by atoms with Gasteiger partial charge in [-0.3, -0.25) is 4.79 Å². The minimum absolute atomic E-state index is 0. The van der Waals surface area contributed by atoms with Gasteiger partial charge in [-0.2, -0.15) is 0 Å². The molecule has 0 radical (unpaired) electrons. The van der Waals surface area contributed by atoms with Crippen LogP contribution in [-0.2, 0) is 4.79 Å². The molecule has 1 heterocycles. The van der Waals surface area contributed by atoms with Crippen molar-refractivity contribution in [3.05, 3.63) is 30.1 Å². The Kier molecular flexibility index (Phi) is 8.95.